The maximum atomic E-state index is 13.0. The molecule has 2 fully saturated rings. The fraction of sp³-hybridized carbons (Fsp3) is 0.667. The molecule has 24 heavy (non-hydrogen) atoms. The van der Waals surface area contributed by atoms with Crippen LogP contribution >= 0.6 is 0 Å². The van der Waals surface area contributed by atoms with Crippen molar-refractivity contribution < 1.29 is 9.63 Å². The second kappa shape index (κ2) is 6.87. The number of hydroxylamine groups is 2. The first-order chi connectivity index (χ1) is 11.4. The Labute approximate surface area is 146 Å². The Morgan fingerprint density at radius 2 is 1.71 bits per heavy atom. The van der Waals surface area contributed by atoms with Crippen LogP contribution in [0.5, 0.6) is 0 Å². The SMILES string of the molecule is CON(C(=O)c1ccccc1)C(C)C12CC(C)CC(CC(C)C1)C2. The van der Waals surface area contributed by atoms with Crippen molar-refractivity contribution in [2.45, 2.75) is 58.9 Å². The molecule has 1 amide bonds. The summed E-state index contributed by atoms with van der Waals surface area (Å²) in [7, 11) is 1.63. The highest BCUT2D eigenvalue weighted by molar-refractivity contribution is 5.93. The minimum Gasteiger partial charge on any atom is -0.274 e. The van der Waals surface area contributed by atoms with E-state index in [0.717, 1.165) is 17.8 Å². The van der Waals surface area contributed by atoms with Gasteiger partial charge in [-0.05, 0) is 74.3 Å². The summed E-state index contributed by atoms with van der Waals surface area (Å²) in [6, 6.07) is 9.59. The third-order valence-electron chi connectivity index (χ3n) is 6.33. The average Bonchev–Trinajstić information content (AvgIpc) is 2.54. The minimum atomic E-state index is -0.0204. The van der Waals surface area contributed by atoms with E-state index in [9.17, 15) is 4.79 Å². The van der Waals surface area contributed by atoms with Crippen molar-refractivity contribution in [2.75, 3.05) is 7.11 Å². The summed E-state index contributed by atoms with van der Waals surface area (Å²) in [5, 5.41) is 1.64. The highest BCUT2D eigenvalue weighted by Crippen LogP contribution is 2.55. The molecule has 2 aliphatic rings. The Morgan fingerprint density at radius 3 is 2.25 bits per heavy atom. The van der Waals surface area contributed by atoms with E-state index >= 15 is 0 Å². The van der Waals surface area contributed by atoms with Crippen LogP contribution in [0, 0.1) is 23.2 Å². The lowest BCUT2D eigenvalue weighted by atomic mass is 9.54. The molecule has 2 aliphatic carbocycles. The van der Waals surface area contributed by atoms with Gasteiger partial charge in [0.15, 0.2) is 0 Å². The number of fused-ring (bicyclic) bond motifs is 2. The lowest BCUT2D eigenvalue weighted by Gasteiger charge is -2.54. The molecule has 1 aromatic carbocycles. The number of nitrogens with zero attached hydrogens (tertiary/aromatic N) is 1. The van der Waals surface area contributed by atoms with Crippen LogP contribution in [-0.4, -0.2) is 24.1 Å². The average molecular weight is 329 g/mol. The molecule has 0 radical (unpaired) electrons. The quantitative estimate of drug-likeness (QED) is 0.733. The summed E-state index contributed by atoms with van der Waals surface area (Å²) in [4.78, 5) is 18.6. The largest absolute Gasteiger partial charge is 0.277 e. The first-order valence-electron chi connectivity index (χ1n) is 9.38. The lowest BCUT2D eigenvalue weighted by Crippen LogP contribution is -2.53. The number of amides is 1. The third kappa shape index (κ3) is 3.23. The van der Waals surface area contributed by atoms with Gasteiger partial charge in [0, 0.05) is 5.56 Å². The molecular formula is C21H31NO2. The van der Waals surface area contributed by atoms with E-state index in [4.69, 9.17) is 4.84 Å². The van der Waals surface area contributed by atoms with Gasteiger partial charge in [-0.25, -0.2) is 5.06 Å². The molecule has 132 valence electrons. The Hall–Kier alpha value is -1.35. The van der Waals surface area contributed by atoms with Gasteiger partial charge >= 0.3 is 0 Å². The summed E-state index contributed by atoms with van der Waals surface area (Å²) >= 11 is 0. The number of carbonyl (C=O) groups excluding carboxylic acids is 1. The molecule has 3 atom stereocenters. The molecule has 0 heterocycles. The van der Waals surface area contributed by atoms with Crippen LogP contribution < -0.4 is 0 Å². The highest BCUT2D eigenvalue weighted by atomic mass is 16.7. The van der Waals surface area contributed by atoms with Crippen LogP contribution in [0.4, 0.5) is 0 Å². The zero-order valence-electron chi connectivity index (χ0n) is 15.5. The Bertz CT molecular complexity index is 551. The van der Waals surface area contributed by atoms with Gasteiger partial charge in [0.2, 0.25) is 0 Å². The van der Waals surface area contributed by atoms with Crippen LogP contribution in [0.2, 0.25) is 0 Å². The van der Waals surface area contributed by atoms with E-state index < -0.39 is 0 Å². The molecule has 3 unspecified atom stereocenters. The van der Waals surface area contributed by atoms with Crippen molar-refractivity contribution in [3.8, 4) is 0 Å². The smallest absolute Gasteiger partial charge is 0.274 e. The molecular weight excluding hydrogens is 298 g/mol. The molecule has 2 saturated carbocycles. The lowest BCUT2D eigenvalue weighted by molar-refractivity contribution is -0.169. The van der Waals surface area contributed by atoms with Gasteiger partial charge in [0.25, 0.3) is 5.91 Å². The van der Waals surface area contributed by atoms with Crippen molar-refractivity contribution in [3.05, 3.63) is 35.9 Å². The Balaban J connectivity index is 1.87. The number of rotatable bonds is 4. The monoisotopic (exact) mass is 329 g/mol. The topological polar surface area (TPSA) is 29.5 Å². The Kier molecular flexibility index (Phi) is 5.00. The van der Waals surface area contributed by atoms with E-state index in [2.05, 4.69) is 20.8 Å². The molecule has 0 saturated heterocycles. The van der Waals surface area contributed by atoms with E-state index in [0.29, 0.717) is 5.56 Å². The number of benzene rings is 1. The summed E-state index contributed by atoms with van der Waals surface area (Å²) in [5.41, 5.74) is 0.896. The zero-order valence-corrected chi connectivity index (χ0v) is 15.5. The zero-order chi connectivity index (χ0) is 17.3. The molecule has 3 nitrogen and oxygen atoms in total. The summed E-state index contributed by atoms with van der Waals surface area (Å²) in [6.07, 6.45) is 6.34. The fourth-order valence-corrected chi connectivity index (χ4v) is 5.67. The molecule has 3 heteroatoms. The summed E-state index contributed by atoms with van der Waals surface area (Å²) < 4.78 is 0. The van der Waals surface area contributed by atoms with Crippen molar-refractivity contribution >= 4 is 5.91 Å². The molecule has 0 N–H and O–H groups in total. The molecule has 3 rings (SSSR count). The normalized spacial score (nSPS) is 33.8. The van der Waals surface area contributed by atoms with Crippen LogP contribution in [0.15, 0.2) is 30.3 Å². The number of hydrogen-bond acceptors (Lipinski definition) is 2. The van der Waals surface area contributed by atoms with E-state index in [1.807, 2.05) is 30.3 Å². The number of hydrogen-bond donors (Lipinski definition) is 0. The van der Waals surface area contributed by atoms with Crippen molar-refractivity contribution in [1.82, 2.24) is 5.06 Å². The maximum Gasteiger partial charge on any atom is 0.277 e. The predicted octanol–water partition coefficient (Wildman–Crippen LogP) is 4.93. The van der Waals surface area contributed by atoms with Gasteiger partial charge < -0.3 is 0 Å². The van der Waals surface area contributed by atoms with Gasteiger partial charge in [-0.3, -0.25) is 9.63 Å². The number of carbonyl (C=O) groups is 1. The van der Waals surface area contributed by atoms with Gasteiger partial charge in [-0.1, -0.05) is 32.0 Å². The second-order valence-corrected chi connectivity index (χ2v) is 8.38. The fourth-order valence-electron chi connectivity index (χ4n) is 5.67. The molecule has 0 spiro atoms. The maximum absolute atomic E-state index is 13.0. The predicted molar refractivity (Wildman–Crippen MR) is 96.4 cm³/mol. The van der Waals surface area contributed by atoms with Crippen molar-refractivity contribution in [2.24, 2.45) is 23.2 Å². The van der Waals surface area contributed by atoms with E-state index in [1.54, 1.807) is 12.2 Å². The van der Waals surface area contributed by atoms with E-state index in [1.165, 1.54) is 32.1 Å². The molecule has 1 aromatic rings. The van der Waals surface area contributed by atoms with Crippen molar-refractivity contribution in [1.29, 1.82) is 0 Å². The molecule has 0 aliphatic heterocycles. The first kappa shape index (κ1) is 17.5. The summed E-state index contributed by atoms with van der Waals surface area (Å²) in [6.45, 7) is 6.94. The van der Waals surface area contributed by atoms with Gasteiger partial charge in [0.1, 0.15) is 0 Å². The van der Waals surface area contributed by atoms with Gasteiger partial charge in [-0.2, -0.15) is 0 Å². The molecule has 0 aromatic heterocycles. The first-order valence-corrected chi connectivity index (χ1v) is 9.38. The standard InChI is InChI=1S/C21H31NO2/c1-15-10-18-11-16(2)13-21(12-15,14-18)17(3)22(24-4)20(23)19-8-6-5-7-9-19/h5-9,15-18H,10-14H2,1-4H3. The van der Waals surface area contributed by atoms with Crippen LogP contribution in [0.1, 0.15) is 63.2 Å². The second-order valence-electron chi connectivity index (χ2n) is 8.38. The summed E-state index contributed by atoms with van der Waals surface area (Å²) in [5.74, 6) is 2.27. The third-order valence-corrected chi connectivity index (χ3v) is 6.33. The van der Waals surface area contributed by atoms with Gasteiger partial charge in [0.05, 0.1) is 13.2 Å². The van der Waals surface area contributed by atoms with Crippen molar-refractivity contribution in [3.63, 3.8) is 0 Å². The Morgan fingerprint density at radius 1 is 1.12 bits per heavy atom. The highest BCUT2D eigenvalue weighted by Gasteiger charge is 2.50. The minimum absolute atomic E-state index is 0.0204. The van der Waals surface area contributed by atoms with Crippen LogP contribution in [0.25, 0.3) is 0 Å². The van der Waals surface area contributed by atoms with Crippen LogP contribution in [0.3, 0.4) is 0 Å². The molecule has 2 bridgehead atoms. The van der Waals surface area contributed by atoms with E-state index in [-0.39, 0.29) is 17.4 Å². The van der Waals surface area contributed by atoms with Gasteiger partial charge in [-0.15, -0.1) is 0 Å². The van der Waals surface area contributed by atoms with Crippen LogP contribution in [-0.2, 0) is 4.84 Å².